The topological polar surface area (TPSA) is 72.8 Å². The molecule has 0 aromatic carbocycles. The first-order valence-corrected chi connectivity index (χ1v) is 30.2. The van der Waals surface area contributed by atoms with Crippen molar-refractivity contribution in [2.75, 3.05) is 13.2 Å². The van der Waals surface area contributed by atoms with Gasteiger partial charge >= 0.3 is 11.9 Å². The van der Waals surface area contributed by atoms with E-state index in [1.165, 1.54) is 283 Å². The smallest absolute Gasteiger partial charge is 0.306 e. The quantitative estimate of drug-likeness (QED) is 0.0374. The molecule has 66 heavy (non-hydrogen) atoms. The molecule has 0 saturated heterocycles. The Balaban J connectivity index is 3.34. The van der Waals surface area contributed by atoms with Crippen LogP contribution >= 0.6 is 0 Å². The summed E-state index contributed by atoms with van der Waals surface area (Å²) in [4.78, 5) is 24.5. The van der Waals surface area contributed by atoms with Crippen LogP contribution < -0.4 is 0 Å². The van der Waals surface area contributed by atoms with Crippen molar-refractivity contribution in [1.29, 1.82) is 0 Å². The Kier molecular flexibility index (Phi) is 56.8. The molecule has 0 aromatic rings. The lowest BCUT2D eigenvalue weighted by molar-refractivity contribution is -0.161. The van der Waals surface area contributed by atoms with Crippen LogP contribution in [0.15, 0.2) is 12.2 Å². The molecule has 0 fully saturated rings. The highest BCUT2D eigenvalue weighted by Crippen LogP contribution is 2.18. The zero-order valence-electron chi connectivity index (χ0n) is 45.0. The Morgan fingerprint density at radius 2 is 0.561 bits per heavy atom. The molecule has 0 spiro atoms. The Morgan fingerprint density at radius 3 is 0.818 bits per heavy atom. The van der Waals surface area contributed by atoms with Gasteiger partial charge in [0.05, 0.1) is 6.61 Å². The third-order valence-electron chi connectivity index (χ3n) is 14.1. The van der Waals surface area contributed by atoms with Gasteiger partial charge in [-0.15, -0.1) is 0 Å². The number of esters is 2. The zero-order valence-corrected chi connectivity index (χ0v) is 45.0. The molecule has 0 aliphatic heterocycles. The first-order valence-electron chi connectivity index (χ1n) is 30.2. The van der Waals surface area contributed by atoms with Crippen LogP contribution in [0, 0.1) is 0 Å². The second-order valence-corrected chi connectivity index (χ2v) is 20.8. The minimum atomic E-state index is -0.771. The van der Waals surface area contributed by atoms with Gasteiger partial charge in [0.2, 0.25) is 0 Å². The second kappa shape index (κ2) is 58.0. The Hall–Kier alpha value is -1.36. The summed E-state index contributed by atoms with van der Waals surface area (Å²) in [6.45, 7) is 4.18. The summed E-state index contributed by atoms with van der Waals surface area (Å²) in [5.41, 5.74) is 0. The fourth-order valence-corrected chi connectivity index (χ4v) is 9.50. The van der Waals surface area contributed by atoms with Gasteiger partial charge in [0, 0.05) is 12.8 Å². The monoisotopic (exact) mass is 931 g/mol. The lowest BCUT2D eigenvalue weighted by atomic mass is 10.0. The molecule has 0 aliphatic rings. The Morgan fingerprint density at radius 1 is 0.333 bits per heavy atom. The van der Waals surface area contributed by atoms with Gasteiger partial charge in [-0.1, -0.05) is 309 Å². The number of hydrogen-bond acceptors (Lipinski definition) is 5. The minimum Gasteiger partial charge on any atom is -0.462 e. The molecule has 0 heterocycles. The van der Waals surface area contributed by atoms with E-state index in [-0.39, 0.29) is 25.2 Å². The number of unbranched alkanes of at least 4 members (excludes halogenated alkanes) is 47. The third-order valence-corrected chi connectivity index (χ3v) is 14.1. The van der Waals surface area contributed by atoms with Crippen LogP contribution in [-0.4, -0.2) is 36.4 Å². The molecular formula is C61H118O5. The summed E-state index contributed by atoms with van der Waals surface area (Å²) in [5.74, 6) is -0.581. The van der Waals surface area contributed by atoms with Crippen LogP contribution in [0.2, 0.25) is 0 Å². The van der Waals surface area contributed by atoms with E-state index in [0.29, 0.717) is 12.8 Å². The molecule has 0 saturated carbocycles. The van der Waals surface area contributed by atoms with Crippen molar-refractivity contribution in [1.82, 2.24) is 0 Å². The van der Waals surface area contributed by atoms with Crippen LogP contribution in [0.4, 0.5) is 0 Å². The van der Waals surface area contributed by atoms with E-state index in [4.69, 9.17) is 9.47 Å². The molecule has 1 unspecified atom stereocenters. The average molecular weight is 932 g/mol. The summed E-state index contributed by atoms with van der Waals surface area (Å²) >= 11 is 0. The van der Waals surface area contributed by atoms with E-state index < -0.39 is 6.10 Å². The number of aliphatic hydroxyl groups is 1. The van der Waals surface area contributed by atoms with Gasteiger partial charge in [-0.3, -0.25) is 9.59 Å². The number of rotatable bonds is 57. The number of carbonyl (C=O) groups excluding carboxylic acids is 2. The van der Waals surface area contributed by atoms with E-state index in [1.807, 2.05) is 0 Å². The van der Waals surface area contributed by atoms with Crippen LogP contribution in [0.1, 0.15) is 348 Å². The van der Waals surface area contributed by atoms with Crippen LogP contribution in [0.5, 0.6) is 0 Å². The number of ether oxygens (including phenoxy) is 2. The summed E-state index contributed by atoms with van der Waals surface area (Å²) in [6.07, 6.45) is 72.3. The van der Waals surface area contributed by atoms with Gasteiger partial charge in [-0.05, 0) is 38.5 Å². The molecule has 0 bridgehead atoms. The number of allylic oxidation sites excluding steroid dienone is 2. The van der Waals surface area contributed by atoms with E-state index >= 15 is 0 Å². The maximum atomic E-state index is 12.2. The fraction of sp³-hybridized carbons (Fsp3) is 0.934. The van der Waals surface area contributed by atoms with E-state index in [9.17, 15) is 14.7 Å². The molecule has 1 atom stereocenters. The Bertz CT molecular complexity index is 963. The maximum absolute atomic E-state index is 12.2. The van der Waals surface area contributed by atoms with E-state index in [0.717, 1.165) is 38.5 Å². The number of carbonyl (C=O) groups is 2. The van der Waals surface area contributed by atoms with E-state index in [2.05, 4.69) is 26.0 Å². The highest BCUT2D eigenvalue weighted by molar-refractivity contribution is 5.70. The first-order chi connectivity index (χ1) is 32.6. The molecule has 0 amide bonds. The first kappa shape index (κ1) is 64.6. The molecular weight excluding hydrogens is 813 g/mol. The van der Waals surface area contributed by atoms with E-state index in [1.54, 1.807) is 0 Å². The SMILES string of the molecule is CCCCCCCC/C=C\CCCCCCCC(=O)OC(CO)COC(=O)CCCCCCCCCCCCCCCCCCCCCCCCCCCCCCCCCCCCCCC. The van der Waals surface area contributed by atoms with Gasteiger partial charge in [-0.2, -0.15) is 0 Å². The predicted octanol–water partition coefficient (Wildman–Crippen LogP) is 20.3. The Labute approximate surface area is 413 Å². The van der Waals surface area contributed by atoms with Crippen molar-refractivity contribution < 1.29 is 24.2 Å². The van der Waals surface area contributed by atoms with Gasteiger partial charge in [0.25, 0.3) is 0 Å². The lowest BCUT2D eigenvalue weighted by Crippen LogP contribution is -2.28. The summed E-state index contributed by atoms with van der Waals surface area (Å²) in [5, 5.41) is 9.63. The average Bonchev–Trinajstić information content (AvgIpc) is 3.32. The van der Waals surface area contributed by atoms with Crippen molar-refractivity contribution in [3.8, 4) is 0 Å². The molecule has 5 nitrogen and oxygen atoms in total. The third kappa shape index (κ3) is 55.2. The van der Waals surface area contributed by atoms with Crippen LogP contribution in [0.25, 0.3) is 0 Å². The molecule has 0 rings (SSSR count). The molecule has 0 aromatic heterocycles. The summed E-state index contributed by atoms with van der Waals surface area (Å²) < 4.78 is 10.7. The summed E-state index contributed by atoms with van der Waals surface area (Å²) in [6, 6.07) is 0. The van der Waals surface area contributed by atoms with Gasteiger partial charge in [0.1, 0.15) is 6.61 Å². The van der Waals surface area contributed by atoms with Crippen molar-refractivity contribution in [3.63, 3.8) is 0 Å². The van der Waals surface area contributed by atoms with Crippen molar-refractivity contribution in [2.45, 2.75) is 354 Å². The standard InChI is InChI=1S/C61H118O5/c1-3-5-7-9-11-13-15-17-19-20-21-22-23-24-25-26-27-28-29-30-31-32-33-34-35-36-37-38-39-40-42-43-45-47-49-51-53-55-60(63)65-58-59(57-62)66-61(64)56-54-52-50-48-46-44-41-18-16-14-12-10-8-6-4-2/h18,41,59,62H,3-17,19-40,42-58H2,1-2H3/b41-18-. The fourth-order valence-electron chi connectivity index (χ4n) is 9.50. The highest BCUT2D eigenvalue weighted by atomic mass is 16.6. The number of hydrogen-bond donors (Lipinski definition) is 1. The van der Waals surface area contributed by atoms with Crippen molar-refractivity contribution >= 4 is 11.9 Å². The maximum Gasteiger partial charge on any atom is 0.306 e. The van der Waals surface area contributed by atoms with Crippen molar-refractivity contribution in [3.05, 3.63) is 12.2 Å². The largest absolute Gasteiger partial charge is 0.462 e. The minimum absolute atomic E-state index is 0.0623. The highest BCUT2D eigenvalue weighted by Gasteiger charge is 2.16. The van der Waals surface area contributed by atoms with Crippen LogP contribution in [-0.2, 0) is 19.1 Å². The predicted molar refractivity (Wildman–Crippen MR) is 288 cm³/mol. The molecule has 1 N–H and O–H groups in total. The lowest BCUT2D eigenvalue weighted by Gasteiger charge is -2.15. The molecule has 392 valence electrons. The zero-order chi connectivity index (χ0) is 47.7. The second-order valence-electron chi connectivity index (χ2n) is 20.8. The number of aliphatic hydroxyl groups excluding tert-OH is 1. The molecule has 5 heteroatoms. The van der Waals surface area contributed by atoms with Gasteiger partial charge < -0.3 is 14.6 Å². The normalized spacial score (nSPS) is 12.1. The molecule has 0 aliphatic carbocycles. The summed E-state index contributed by atoms with van der Waals surface area (Å²) in [7, 11) is 0. The van der Waals surface area contributed by atoms with Crippen LogP contribution in [0.3, 0.4) is 0 Å². The van der Waals surface area contributed by atoms with Crippen molar-refractivity contribution in [2.24, 2.45) is 0 Å². The molecule has 0 radical (unpaired) electrons. The van der Waals surface area contributed by atoms with Gasteiger partial charge in [0.15, 0.2) is 6.10 Å². The van der Waals surface area contributed by atoms with Gasteiger partial charge in [-0.25, -0.2) is 0 Å².